The van der Waals surface area contributed by atoms with E-state index < -0.39 is 0 Å². The van der Waals surface area contributed by atoms with E-state index >= 15 is 0 Å². The Labute approximate surface area is 91.5 Å². The lowest BCUT2D eigenvalue weighted by atomic mass is 10.2. The van der Waals surface area contributed by atoms with Crippen molar-refractivity contribution in [2.75, 3.05) is 0 Å². The van der Waals surface area contributed by atoms with Gasteiger partial charge in [-0.15, -0.1) is 0 Å². The van der Waals surface area contributed by atoms with E-state index in [9.17, 15) is 0 Å². The van der Waals surface area contributed by atoms with E-state index in [0.29, 0.717) is 0 Å². The van der Waals surface area contributed by atoms with Gasteiger partial charge in [0.15, 0.2) is 11.5 Å². The van der Waals surface area contributed by atoms with Gasteiger partial charge in [-0.25, -0.2) is 4.98 Å². The summed E-state index contributed by atoms with van der Waals surface area (Å²) in [5.41, 5.74) is 3.01. The van der Waals surface area contributed by atoms with Crippen LogP contribution in [-0.2, 0) is 6.42 Å². The molecule has 3 heteroatoms. The van der Waals surface area contributed by atoms with Gasteiger partial charge in [-0.05, 0) is 31.0 Å². The van der Waals surface area contributed by atoms with Crippen LogP contribution < -0.4 is 0 Å². The average Bonchev–Trinajstić information content (AvgIpc) is 2.48. The molecule has 74 valence electrons. The Hall–Kier alpha value is -0.830. The summed E-state index contributed by atoms with van der Waals surface area (Å²) in [6, 6.07) is 4.03. The van der Waals surface area contributed by atoms with Crippen LogP contribution in [-0.4, -0.2) is 4.98 Å². The molecule has 2 rings (SSSR count). The third kappa shape index (κ3) is 1.69. The summed E-state index contributed by atoms with van der Waals surface area (Å²) < 4.78 is 6.68. The molecule has 0 aliphatic heterocycles. The van der Waals surface area contributed by atoms with Gasteiger partial charge in [-0.1, -0.05) is 22.9 Å². The Morgan fingerprint density at radius 3 is 2.93 bits per heavy atom. The number of nitrogens with zero attached hydrogens (tertiary/aromatic N) is 1. The summed E-state index contributed by atoms with van der Waals surface area (Å²) in [5, 5.41) is 0. The zero-order valence-electron chi connectivity index (χ0n) is 8.30. The molecule has 0 amide bonds. The zero-order valence-corrected chi connectivity index (χ0v) is 9.89. The lowest BCUT2D eigenvalue weighted by Crippen LogP contribution is -1.80. The molecule has 0 bridgehead atoms. The molecule has 0 fully saturated rings. The van der Waals surface area contributed by atoms with Crippen molar-refractivity contribution in [2.45, 2.75) is 26.7 Å². The van der Waals surface area contributed by atoms with Crippen LogP contribution in [0.15, 0.2) is 21.0 Å². The highest BCUT2D eigenvalue weighted by atomic mass is 79.9. The lowest BCUT2D eigenvalue weighted by molar-refractivity contribution is 0.525. The van der Waals surface area contributed by atoms with E-state index in [4.69, 9.17) is 4.42 Å². The van der Waals surface area contributed by atoms with Crippen molar-refractivity contribution in [1.29, 1.82) is 0 Å². The van der Waals surface area contributed by atoms with Crippen molar-refractivity contribution < 1.29 is 4.42 Å². The maximum absolute atomic E-state index is 5.60. The molecule has 0 spiro atoms. The third-order valence-electron chi connectivity index (χ3n) is 2.18. The lowest BCUT2D eigenvalue weighted by Gasteiger charge is -1.94. The summed E-state index contributed by atoms with van der Waals surface area (Å²) in [4.78, 5) is 4.42. The normalized spacial score (nSPS) is 11.1. The van der Waals surface area contributed by atoms with Crippen LogP contribution in [0.25, 0.3) is 11.1 Å². The molecule has 14 heavy (non-hydrogen) atoms. The molecule has 0 atom stereocenters. The average molecular weight is 254 g/mol. The van der Waals surface area contributed by atoms with E-state index in [1.165, 1.54) is 5.56 Å². The summed E-state index contributed by atoms with van der Waals surface area (Å²) in [6.07, 6.45) is 1.97. The Morgan fingerprint density at radius 2 is 2.21 bits per heavy atom. The van der Waals surface area contributed by atoms with Crippen molar-refractivity contribution in [3.8, 4) is 0 Å². The van der Waals surface area contributed by atoms with Gasteiger partial charge in [0.1, 0.15) is 5.52 Å². The zero-order chi connectivity index (χ0) is 10.1. The molecule has 0 unspecified atom stereocenters. The topological polar surface area (TPSA) is 26.0 Å². The Balaban J connectivity index is 2.54. The number of aryl methyl sites for hydroxylation is 2. The van der Waals surface area contributed by atoms with Gasteiger partial charge in [0.05, 0.1) is 0 Å². The second kappa shape index (κ2) is 3.73. The predicted molar refractivity (Wildman–Crippen MR) is 60.4 cm³/mol. The third-order valence-corrected chi connectivity index (χ3v) is 3.03. The number of benzene rings is 1. The van der Waals surface area contributed by atoms with E-state index in [1.807, 2.05) is 12.1 Å². The Bertz CT molecular complexity index is 423. The number of aromatic nitrogens is 1. The van der Waals surface area contributed by atoms with Gasteiger partial charge in [-0.2, -0.15) is 0 Å². The Kier molecular flexibility index (Phi) is 2.59. The van der Waals surface area contributed by atoms with E-state index in [0.717, 1.165) is 34.3 Å². The smallest absolute Gasteiger partial charge is 0.195 e. The van der Waals surface area contributed by atoms with Crippen LogP contribution in [0.2, 0.25) is 0 Å². The highest BCUT2D eigenvalue weighted by Gasteiger charge is 2.06. The number of rotatable bonds is 2. The van der Waals surface area contributed by atoms with Gasteiger partial charge in [-0.3, -0.25) is 0 Å². The van der Waals surface area contributed by atoms with Crippen molar-refractivity contribution >= 4 is 27.0 Å². The molecular formula is C11H12BrNO. The van der Waals surface area contributed by atoms with Gasteiger partial charge in [0.2, 0.25) is 0 Å². The minimum Gasteiger partial charge on any atom is -0.441 e. The molecule has 1 heterocycles. The van der Waals surface area contributed by atoms with Gasteiger partial charge >= 0.3 is 0 Å². The minimum absolute atomic E-state index is 0.833. The monoisotopic (exact) mass is 253 g/mol. The Morgan fingerprint density at radius 1 is 1.43 bits per heavy atom. The highest BCUT2D eigenvalue weighted by molar-refractivity contribution is 9.10. The van der Waals surface area contributed by atoms with Crippen LogP contribution in [0.4, 0.5) is 0 Å². The molecule has 0 radical (unpaired) electrons. The van der Waals surface area contributed by atoms with Crippen molar-refractivity contribution in [1.82, 2.24) is 4.98 Å². The van der Waals surface area contributed by atoms with Crippen LogP contribution in [0.5, 0.6) is 0 Å². The number of fused-ring (bicyclic) bond motifs is 1. The SMILES string of the molecule is CCCc1nc2cc(C)c(Br)cc2o1. The first-order chi connectivity index (χ1) is 6.70. The quantitative estimate of drug-likeness (QED) is 0.813. The first-order valence-corrected chi connectivity index (χ1v) is 5.55. The minimum atomic E-state index is 0.833. The molecule has 2 aromatic rings. The van der Waals surface area contributed by atoms with E-state index in [2.05, 4.69) is 34.8 Å². The largest absolute Gasteiger partial charge is 0.441 e. The van der Waals surface area contributed by atoms with Gasteiger partial charge < -0.3 is 4.42 Å². The number of hydrogen-bond donors (Lipinski definition) is 0. The van der Waals surface area contributed by atoms with Crippen molar-refractivity contribution in [2.24, 2.45) is 0 Å². The fraction of sp³-hybridized carbons (Fsp3) is 0.364. The highest BCUT2D eigenvalue weighted by Crippen LogP contribution is 2.24. The molecule has 1 aromatic heterocycles. The molecule has 0 aliphatic rings. The molecule has 0 N–H and O–H groups in total. The second-order valence-electron chi connectivity index (χ2n) is 3.43. The fourth-order valence-electron chi connectivity index (χ4n) is 1.42. The van der Waals surface area contributed by atoms with Crippen molar-refractivity contribution in [3.05, 3.63) is 28.1 Å². The second-order valence-corrected chi connectivity index (χ2v) is 4.28. The van der Waals surface area contributed by atoms with Gasteiger partial charge in [0.25, 0.3) is 0 Å². The molecule has 0 aliphatic carbocycles. The number of halogens is 1. The molecular weight excluding hydrogens is 242 g/mol. The van der Waals surface area contributed by atoms with Crippen LogP contribution in [0, 0.1) is 6.92 Å². The maximum atomic E-state index is 5.60. The molecule has 2 nitrogen and oxygen atoms in total. The van der Waals surface area contributed by atoms with E-state index in [1.54, 1.807) is 0 Å². The van der Waals surface area contributed by atoms with Crippen LogP contribution >= 0.6 is 15.9 Å². The molecule has 0 saturated heterocycles. The first kappa shape index (κ1) is 9.71. The number of hydrogen-bond acceptors (Lipinski definition) is 2. The fourth-order valence-corrected chi connectivity index (χ4v) is 1.74. The van der Waals surface area contributed by atoms with E-state index in [-0.39, 0.29) is 0 Å². The van der Waals surface area contributed by atoms with Crippen LogP contribution in [0.1, 0.15) is 24.8 Å². The summed E-state index contributed by atoms with van der Waals surface area (Å²) in [5.74, 6) is 0.833. The molecule has 1 aromatic carbocycles. The molecule has 0 saturated carbocycles. The standard InChI is InChI=1S/C11H12BrNO/c1-3-4-11-13-9-5-7(2)8(12)6-10(9)14-11/h5-6H,3-4H2,1-2H3. The summed E-state index contributed by atoms with van der Waals surface area (Å²) >= 11 is 3.48. The summed E-state index contributed by atoms with van der Waals surface area (Å²) in [6.45, 7) is 4.17. The van der Waals surface area contributed by atoms with Crippen molar-refractivity contribution in [3.63, 3.8) is 0 Å². The summed E-state index contributed by atoms with van der Waals surface area (Å²) in [7, 11) is 0. The van der Waals surface area contributed by atoms with Crippen LogP contribution in [0.3, 0.4) is 0 Å². The predicted octanol–water partition coefficient (Wildman–Crippen LogP) is 3.85. The number of oxazole rings is 1. The maximum Gasteiger partial charge on any atom is 0.195 e. The first-order valence-electron chi connectivity index (χ1n) is 4.76. The van der Waals surface area contributed by atoms with Gasteiger partial charge in [0, 0.05) is 10.9 Å².